The van der Waals surface area contributed by atoms with Gasteiger partial charge in [-0.2, -0.15) is 11.8 Å². The molecule has 3 rings (SSSR count). The first-order chi connectivity index (χ1) is 14.8. The summed E-state index contributed by atoms with van der Waals surface area (Å²) in [6.45, 7) is 3.34. The summed E-state index contributed by atoms with van der Waals surface area (Å²) in [7, 11) is -3.37. The lowest BCUT2D eigenvalue weighted by Gasteiger charge is -2.30. The predicted molar refractivity (Wildman–Crippen MR) is 129 cm³/mol. The van der Waals surface area contributed by atoms with Crippen LogP contribution < -0.4 is 5.32 Å². The summed E-state index contributed by atoms with van der Waals surface area (Å²) in [6.07, 6.45) is 1.12. The molecule has 5 nitrogen and oxygen atoms in total. The molecule has 0 aromatic heterocycles. The van der Waals surface area contributed by atoms with Crippen molar-refractivity contribution in [3.05, 3.63) is 70.2 Å². The molecule has 168 valence electrons. The standard InChI is InChI=1S/C23H29ClN2O3S2/c1-18-5-4-6-19(15-18)17-31(28,29)26-12-9-20(10-13-26)23(27)25-11-14-30-16-21-7-2-3-8-22(21)24/h2-8,15,20H,9-14,16-17H2,1H3,(H,25,27). The molecule has 8 heteroatoms. The maximum Gasteiger partial charge on any atom is 0.223 e. The summed E-state index contributed by atoms with van der Waals surface area (Å²) in [5.41, 5.74) is 2.95. The highest BCUT2D eigenvalue weighted by atomic mass is 35.5. The van der Waals surface area contributed by atoms with Gasteiger partial charge in [0.25, 0.3) is 0 Å². The number of carbonyl (C=O) groups excluding carboxylic acids is 1. The molecule has 0 saturated carbocycles. The molecule has 0 aliphatic carbocycles. The van der Waals surface area contributed by atoms with Gasteiger partial charge in [0.2, 0.25) is 15.9 Å². The number of nitrogens with one attached hydrogen (secondary N) is 1. The molecule has 1 N–H and O–H groups in total. The zero-order valence-corrected chi connectivity index (χ0v) is 20.1. The van der Waals surface area contributed by atoms with Crippen LogP contribution in [0.3, 0.4) is 0 Å². The van der Waals surface area contributed by atoms with Gasteiger partial charge in [-0.05, 0) is 37.0 Å². The lowest BCUT2D eigenvalue weighted by Crippen LogP contribution is -2.43. The van der Waals surface area contributed by atoms with Crippen molar-refractivity contribution in [1.82, 2.24) is 9.62 Å². The Labute approximate surface area is 194 Å². The molecule has 1 heterocycles. The summed E-state index contributed by atoms with van der Waals surface area (Å²) in [6, 6.07) is 15.4. The molecule has 1 saturated heterocycles. The first-order valence-electron chi connectivity index (χ1n) is 10.5. The first kappa shape index (κ1) is 24.1. The zero-order valence-electron chi connectivity index (χ0n) is 17.7. The van der Waals surface area contributed by atoms with E-state index in [1.54, 1.807) is 11.8 Å². The maximum absolute atomic E-state index is 12.7. The molecule has 1 aliphatic rings. The van der Waals surface area contributed by atoms with E-state index in [9.17, 15) is 13.2 Å². The Morgan fingerprint density at radius 2 is 1.90 bits per heavy atom. The molecule has 0 atom stereocenters. The highest BCUT2D eigenvalue weighted by Gasteiger charge is 2.31. The molecule has 1 fully saturated rings. The van der Waals surface area contributed by atoms with E-state index in [1.165, 1.54) is 4.31 Å². The third-order valence-electron chi connectivity index (χ3n) is 5.41. The monoisotopic (exact) mass is 480 g/mol. The van der Waals surface area contributed by atoms with Gasteiger partial charge in [-0.3, -0.25) is 4.79 Å². The molecule has 0 unspecified atom stereocenters. The number of rotatable bonds is 9. The van der Waals surface area contributed by atoms with Crippen molar-refractivity contribution >= 4 is 39.3 Å². The van der Waals surface area contributed by atoms with Crippen molar-refractivity contribution in [1.29, 1.82) is 0 Å². The van der Waals surface area contributed by atoms with E-state index < -0.39 is 10.0 Å². The Hall–Kier alpha value is -1.54. The minimum atomic E-state index is -3.37. The van der Waals surface area contributed by atoms with Gasteiger partial charge in [0.05, 0.1) is 5.75 Å². The predicted octanol–water partition coefficient (Wildman–Crippen LogP) is 4.24. The summed E-state index contributed by atoms with van der Waals surface area (Å²) < 4.78 is 27.0. The number of thioether (sulfide) groups is 1. The van der Waals surface area contributed by atoms with Gasteiger partial charge in [-0.25, -0.2) is 12.7 Å². The lowest BCUT2D eigenvalue weighted by molar-refractivity contribution is -0.125. The fourth-order valence-electron chi connectivity index (χ4n) is 3.69. The van der Waals surface area contributed by atoms with Crippen LogP contribution in [0.4, 0.5) is 0 Å². The van der Waals surface area contributed by atoms with Gasteiger partial charge < -0.3 is 5.32 Å². The van der Waals surface area contributed by atoms with Gasteiger partial charge in [-0.1, -0.05) is 59.6 Å². The average Bonchev–Trinajstić information content (AvgIpc) is 2.74. The van der Waals surface area contributed by atoms with Crippen molar-refractivity contribution < 1.29 is 13.2 Å². The van der Waals surface area contributed by atoms with Gasteiger partial charge in [-0.15, -0.1) is 0 Å². The van der Waals surface area contributed by atoms with E-state index in [0.29, 0.717) is 32.5 Å². The zero-order chi connectivity index (χ0) is 22.3. The number of sulfonamides is 1. The number of amides is 1. The Balaban J connectivity index is 1.37. The SMILES string of the molecule is Cc1cccc(CS(=O)(=O)N2CCC(C(=O)NCCSCc3ccccc3Cl)CC2)c1. The summed E-state index contributed by atoms with van der Waals surface area (Å²) in [4.78, 5) is 12.5. The molecule has 2 aromatic rings. The number of aryl methyl sites for hydroxylation is 1. The lowest BCUT2D eigenvalue weighted by atomic mass is 9.97. The summed E-state index contributed by atoms with van der Waals surface area (Å²) >= 11 is 7.88. The molecule has 1 amide bonds. The molecule has 0 spiro atoms. The van der Waals surface area contributed by atoms with Crippen LogP contribution in [0, 0.1) is 12.8 Å². The quantitative estimate of drug-likeness (QED) is 0.545. The van der Waals surface area contributed by atoms with E-state index in [-0.39, 0.29) is 17.6 Å². The average molecular weight is 481 g/mol. The van der Waals surface area contributed by atoms with Gasteiger partial charge >= 0.3 is 0 Å². The minimum Gasteiger partial charge on any atom is -0.355 e. The van der Waals surface area contributed by atoms with E-state index >= 15 is 0 Å². The van der Waals surface area contributed by atoms with Crippen LogP contribution in [-0.4, -0.2) is 44.0 Å². The van der Waals surface area contributed by atoms with Gasteiger partial charge in [0.15, 0.2) is 0 Å². The third-order valence-corrected chi connectivity index (χ3v) is 8.64. The number of benzene rings is 2. The molecule has 31 heavy (non-hydrogen) atoms. The fraction of sp³-hybridized carbons (Fsp3) is 0.435. The first-order valence-corrected chi connectivity index (χ1v) is 13.6. The number of hydrogen-bond donors (Lipinski definition) is 1. The summed E-state index contributed by atoms with van der Waals surface area (Å²) in [5, 5.41) is 3.76. The molecule has 0 bridgehead atoms. The Kier molecular flexibility index (Phi) is 8.84. The van der Waals surface area contributed by atoms with E-state index in [0.717, 1.165) is 33.2 Å². The maximum atomic E-state index is 12.7. The fourth-order valence-corrected chi connectivity index (χ4v) is 6.38. The topological polar surface area (TPSA) is 66.5 Å². The highest BCUT2D eigenvalue weighted by Crippen LogP contribution is 2.23. The van der Waals surface area contributed by atoms with Crippen LogP contribution in [0.2, 0.25) is 5.02 Å². The second-order valence-corrected chi connectivity index (χ2v) is 11.3. The van der Waals surface area contributed by atoms with Crippen molar-refractivity contribution in [2.75, 3.05) is 25.4 Å². The number of piperidine rings is 1. The summed E-state index contributed by atoms with van der Waals surface area (Å²) in [5.74, 6) is 1.52. The smallest absolute Gasteiger partial charge is 0.223 e. The number of nitrogens with zero attached hydrogens (tertiary/aromatic N) is 1. The van der Waals surface area contributed by atoms with Crippen LogP contribution in [-0.2, 0) is 26.3 Å². The second kappa shape index (κ2) is 11.4. The van der Waals surface area contributed by atoms with Crippen LogP contribution in [0.25, 0.3) is 0 Å². The Bertz CT molecular complexity index is 990. The van der Waals surface area contributed by atoms with Gasteiger partial charge in [0, 0.05) is 42.1 Å². The molecule has 0 radical (unpaired) electrons. The minimum absolute atomic E-state index is 0.00813. The van der Waals surface area contributed by atoms with Gasteiger partial charge in [0.1, 0.15) is 0 Å². The Morgan fingerprint density at radius 3 is 2.61 bits per heavy atom. The molecule has 1 aliphatic heterocycles. The molecular formula is C23H29ClN2O3S2. The Morgan fingerprint density at radius 1 is 1.16 bits per heavy atom. The van der Waals surface area contributed by atoms with Crippen LogP contribution in [0.1, 0.15) is 29.5 Å². The van der Waals surface area contributed by atoms with Crippen molar-refractivity contribution in [2.24, 2.45) is 5.92 Å². The highest BCUT2D eigenvalue weighted by molar-refractivity contribution is 7.98. The normalized spacial score (nSPS) is 15.7. The van der Waals surface area contributed by atoms with Crippen molar-refractivity contribution in [2.45, 2.75) is 31.3 Å². The van der Waals surface area contributed by atoms with Crippen LogP contribution >= 0.6 is 23.4 Å². The van der Waals surface area contributed by atoms with E-state index in [4.69, 9.17) is 11.6 Å². The van der Waals surface area contributed by atoms with Crippen molar-refractivity contribution in [3.63, 3.8) is 0 Å². The van der Waals surface area contributed by atoms with E-state index in [1.807, 2.05) is 55.5 Å². The van der Waals surface area contributed by atoms with Crippen molar-refractivity contribution in [3.8, 4) is 0 Å². The van der Waals surface area contributed by atoms with Crippen LogP contribution in [0.5, 0.6) is 0 Å². The second-order valence-electron chi connectivity index (χ2n) is 7.85. The number of carbonyl (C=O) groups is 1. The van der Waals surface area contributed by atoms with Crippen LogP contribution in [0.15, 0.2) is 48.5 Å². The third kappa shape index (κ3) is 7.24. The molecular weight excluding hydrogens is 452 g/mol. The number of halogens is 1. The van der Waals surface area contributed by atoms with E-state index in [2.05, 4.69) is 5.32 Å². The largest absolute Gasteiger partial charge is 0.355 e. The molecule has 2 aromatic carbocycles. The number of hydrogen-bond acceptors (Lipinski definition) is 4.